The summed E-state index contributed by atoms with van der Waals surface area (Å²) in [5.41, 5.74) is -0.108. The van der Waals surface area contributed by atoms with E-state index in [9.17, 15) is 4.79 Å². The Morgan fingerprint density at radius 2 is 1.57 bits per heavy atom. The Kier molecular flexibility index (Phi) is 2.93. The molecule has 0 radical (unpaired) electrons. The number of rotatable bonds is 2. The van der Waals surface area contributed by atoms with Crippen molar-refractivity contribution in [3.8, 4) is 0 Å². The van der Waals surface area contributed by atoms with E-state index in [1.54, 1.807) is 0 Å². The van der Waals surface area contributed by atoms with Gasteiger partial charge in [-0.1, -0.05) is 20.8 Å². The third kappa shape index (κ3) is 1.94. The lowest BCUT2D eigenvalue weighted by molar-refractivity contribution is -0.151. The van der Waals surface area contributed by atoms with Crippen LogP contribution in [0.2, 0.25) is 0 Å². The Morgan fingerprint density at radius 1 is 1.14 bits per heavy atom. The van der Waals surface area contributed by atoms with Crippen LogP contribution >= 0.6 is 0 Å². The maximum atomic E-state index is 11.1. The number of hydrogen-bond donors (Lipinski definition) is 1. The van der Waals surface area contributed by atoms with Crippen molar-refractivity contribution < 1.29 is 9.90 Å². The van der Waals surface area contributed by atoms with E-state index in [4.69, 9.17) is 5.11 Å². The number of carboxylic acids is 1. The van der Waals surface area contributed by atoms with E-state index in [0.29, 0.717) is 11.3 Å². The van der Waals surface area contributed by atoms with Crippen LogP contribution in [0.15, 0.2) is 0 Å². The summed E-state index contributed by atoms with van der Waals surface area (Å²) >= 11 is 0. The lowest BCUT2D eigenvalue weighted by Crippen LogP contribution is -2.38. The van der Waals surface area contributed by atoms with Crippen LogP contribution in [0.5, 0.6) is 0 Å². The Balaban J connectivity index is 2.66. The molecule has 0 spiro atoms. The third-order valence-corrected chi connectivity index (χ3v) is 4.41. The molecular weight excluding hydrogens is 176 g/mol. The molecule has 0 heterocycles. The SMILES string of the molecule is CC(C)C1(C)CCC(C)(C(=O)O)CC1. The molecule has 0 aliphatic heterocycles. The van der Waals surface area contributed by atoms with Gasteiger partial charge in [0.1, 0.15) is 0 Å². The van der Waals surface area contributed by atoms with Crippen LogP contribution < -0.4 is 0 Å². The molecule has 1 rings (SSSR count). The Labute approximate surface area is 86.7 Å². The van der Waals surface area contributed by atoms with Crippen LogP contribution in [0.3, 0.4) is 0 Å². The van der Waals surface area contributed by atoms with Gasteiger partial charge in [0, 0.05) is 0 Å². The summed E-state index contributed by atoms with van der Waals surface area (Å²) < 4.78 is 0. The number of hydrogen-bond acceptors (Lipinski definition) is 1. The van der Waals surface area contributed by atoms with Gasteiger partial charge >= 0.3 is 5.97 Å². The van der Waals surface area contributed by atoms with Crippen molar-refractivity contribution in [3.05, 3.63) is 0 Å². The smallest absolute Gasteiger partial charge is 0.309 e. The first kappa shape index (κ1) is 11.5. The highest BCUT2D eigenvalue weighted by Crippen LogP contribution is 2.48. The zero-order valence-corrected chi connectivity index (χ0v) is 9.76. The first-order valence-electron chi connectivity index (χ1n) is 5.54. The third-order valence-electron chi connectivity index (χ3n) is 4.41. The predicted molar refractivity (Wildman–Crippen MR) is 57.2 cm³/mol. The van der Waals surface area contributed by atoms with Gasteiger partial charge in [0.25, 0.3) is 0 Å². The van der Waals surface area contributed by atoms with Gasteiger partial charge in [-0.3, -0.25) is 4.79 Å². The van der Waals surface area contributed by atoms with E-state index in [0.717, 1.165) is 25.7 Å². The van der Waals surface area contributed by atoms with E-state index in [-0.39, 0.29) is 0 Å². The van der Waals surface area contributed by atoms with Crippen LogP contribution in [0.1, 0.15) is 53.4 Å². The summed E-state index contributed by atoms with van der Waals surface area (Å²) in [4.78, 5) is 11.1. The van der Waals surface area contributed by atoms with Gasteiger partial charge in [0.05, 0.1) is 5.41 Å². The molecule has 2 nitrogen and oxygen atoms in total. The molecule has 0 amide bonds. The second-order valence-corrected chi connectivity index (χ2v) is 5.67. The van der Waals surface area contributed by atoms with Crippen LogP contribution in [0.25, 0.3) is 0 Å². The van der Waals surface area contributed by atoms with Crippen molar-refractivity contribution in [1.29, 1.82) is 0 Å². The Morgan fingerprint density at radius 3 is 1.86 bits per heavy atom. The molecule has 0 unspecified atom stereocenters. The molecule has 1 fully saturated rings. The van der Waals surface area contributed by atoms with Gasteiger partial charge in [0.2, 0.25) is 0 Å². The number of aliphatic carboxylic acids is 1. The number of carboxylic acid groups (broad SMARTS) is 1. The van der Waals surface area contributed by atoms with Crippen LogP contribution in [0.4, 0.5) is 0 Å². The van der Waals surface area contributed by atoms with Crippen molar-refractivity contribution in [2.24, 2.45) is 16.7 Å². The van der Waals surface area contributed by atoms with Crippen molar-refractivity contribution in [2.45, 2.75) is 53.4 Å². The summed E-state index contributed by atoms with van der Waals surface area (Å²) in [6.07, 6.45) is 3.76. The molecule has 82 valence electrons. The average Bonchev–Trinajstić information content (AvgIpc) is 2.10. The Bertz CT molecular complexity index is 222. The maximum absolute atomic E-state index is 11.1. The standard InChI is InChI=1S/C12H22O2/c1-9(2)11(3)5-7-12(4,8-6-11)10(13)14/h9H,5-8H2,1-4H3,(H,13,14). The molecule has 0 saturated heterocycles. The van der Waals surface area contributed by atoms with E-state index in [1.807, 2.05) is 6.92 Å². The van der Waals surface area contributed by atoms with Gasteiger partial charge in [-0.15, -0.1) is 0 Å². The van der Waals surface area contributed by atoms with Crippen molar-refractivity contribution in [2.75, 3.05) is 0 Å². The fraction of sp³-hybridized carbons (Fsp3) is 0.917. The first-order valence-corrected chi connectivity index (χ1v) is 5.54. The first-order chi connectivity index (χ1) is 6.30. The minimum absolute atomic E-state index is 0.356. The summed E-state index contributed by atoms with van der Waals surface area (Å²) in [6, 6.07) is 0. The van der Waals surface area contributed by atoms with Gasteiger partial charge in [-0.05, 0) is 43.9 Å². The van der Waals surface area contributed by atoms with E-state index >= 15 is 0 Å². The van der Waals surface area contributed by atoms with Crippen LogP contribution in [-0.4, -0.2) is 11.1 Å². The highest BCUT2D eigenvalue weighted by molar-refractivity contribution is 5.74. The van der Waals surface area contributed by atoms with E-state index < -0.39 is 11.4 Å². The summed E-state index contributed by atoms with van der Waals surface area (Å²) in [7, 11) is 0. The summed E-state index contributed by atoms with van der Waals surface area (Å²) in [6.45, 7) is 8.65. The van der Waals surface area contributed by atoms with Gasteiger partial charge < -0.3 is 5.11 Å². The molecule has 1 aliphatic carbocycles. The molecule has 1 saturated carbocycles. The van der Waals surface area contributed by atoms with Crippen molar-refractivity contribution in [1.82, 2.24) is 0 Å². The maximum Gasteiger partial charge on any atom is 0.309 e. The summed E-state index contributed by atoms with van der Waals surface area (Å²) in [5.74, 6) is 0.0316. The van der Waals surface area contributed by atoms with Gasteiger partial charge in [-0.25, -0.2) is 0 Å². The second kappa shape index (κ2) is 3.56. The molecule has 1 aliphatic rings. The Hall–Kier alpha value is -0.530. The minimum atomic E-state index is -0.622. The predicted octanol–water partition coefficient (Wildman–Crippen LogP) is 3.31. The minimum Gasteiger partial charge on any atom is -0.481 e. The van der Waals surface area contributed by atoms with E-state index in [1.165, 1.54) is 0 Å². The fourth-order valence-corrected chi connectivity index (χ4v) is 2.16. The summed E-state index contributed by atoms with van der Waals surface area (Å²) in [5, 5.41) is 9.11. The molecule has 0 bridgehead atoms. The van der Waals surface area contributed by atoms with Crippen molar-refractivity contribution >= 4 is 5.97 Å². The zero-order chi connectivity index (χ0) is 11.0. The van der Waals surface area contributed by atoms with Crippen LogP contribution in [0, 0.1) is 16.7 Å². The monoisotopic (exact) mass is 198 g/mol. The zero-order valence-electron chi connectivity index (χ0n) is 9.76. The van der Waals surface area contributed by atoms with Crippen molar-refractivity contribution in [3.63, 3.8) is 0 Å². The second-order valence-electron chi connectivity index (χ2n) is 5.67. The molecule has 0 aromatic carbocycles. The molecule has 0 aromatic heterocycles. The molecule has 1 N–H and O–H groups in total. The van der Waals surface area contributed by atoms with Gasteiger partial charge in [-0.2, -0.15) is 0 Å². The largest absolute Gasteiger partial charge is 0.481 e. The highest BCUT2D eigenvalue weighted by atomic mass is 16.4. The van der Waals surface area contributed by atoms with E-state index in [2.05, 4.69) is 20.8 Å². The quantitative estimate of drug-likeness (QED) is 0.739. The molecule has 14 heavy (non-hydrogen) atoms. The lowest BCUT2D eigenvalue weighted by atomic mass is 9.61. The molecule has 0 aromatic rings. The average molecular weight is 198 g/mol. The number of carbonyl (C=O) groups is 1. The fourth-order valence-electron chi connectivity index (χ4n) is 2.16. The van der Waals surface area contributed by atoms with Crippen LogP contribution in [-0.2, 0) is 4.79 Å². The molecule has 0 atom stereocenters. The highest BCUT2D eigenvalue weighted by Gasteiger charge is 2.43. The normalized spacial score (nSPS) is 38.6. The molecule has 2 heteroatoms. The topological polar surface area (TPSA) is 37.3 Å². The lowest BCUT2D eigenvalue weighted by Gasteiger charge is -2.43. The van der Waals surface area contributed by atoms with Gasteiger partial charge in [0.15, 0.2) is 0 Å². The molecular formula is C12H22O2.